The van der Waals surface area contributed by atoms with Crippen molar-refractivity contribution in [3.63, 3.8) is 0 Å². The Hall–Kier alpha value is -2.76. The van der Waals surface area contributed by atoms with Gasteiger partial charge < -0.3 is 5.73 Å². The van der Waals surface area contributed by atoms with Gasteiger partial charge >= 0.3 is 0 Å². The molecule has 3 aromatic rings. The molecule has 0 fully saturated rings. The van der Waals surface area contributed by atoms with Crippen molar-refractivity contribution >= 4 is 17.2 Å². The third-order valence-electron chi connectivity index (χ3n) is 2.95. The van der Waals surface area contributed by atoms with Gasteiger partial charge in [-0.2, -0.15) is 0 Å². The van der Waals surface area contributed by atoms with E-state index in [1.165, 1.54) is 4.40 Å². The minimum atomic E-state index is -0.930. The van der Waals surface area contributed by atoms with Gasteiger partial charge in [-0.05, 0) is 24.3 Å². The Morgan fingerprint density at radius 1 is 1.20 bits per heavy atom. The zero-order valence-electron chi connectivity index (χ0n) is 10.2. The highest BCUT2D eigenvalue weighted by Crippen LogP contribution is 2.20. The van der Waals surface area contributed by atoms with Crippen molar-refractivity contribution in [2.45, 2.75) is 0 Å². The second-order valence-electron chi connectivity index (χ2n) is 4.23. The first kappa shape index (κ1) is 12.3. The van der Waals surface area contributed by atoms with E-state index in [0.717, 1.165) is 12.1 Å². The Balaban J connectivity index is 2.20. The predicted molar refractivity (Wildman–Crippen MR) is 69.4 cm³/mol. The number of carbonyl (C=O) groups is 1. The van der Waals surface area contributed by atoms with Crippen molar-refractivity contribution in [2.24, 2.45) is 0 Å². The maximum atomic E-state index is 13.7. The zero-order chi connectivity index (χ0) is 14.3. The molecule has 20 heavy (non-hydrogen) atoms. The van der Waals surface area contributed by atoms with Gasteiger partial charge in [-0.25, -0.2) is 13.8 Å². The Bertz CT molecular complexity index is 826. The summed E-state index contributed by atoms with van der Waals surface area (Å²) >= 11 is 0. The number of rotatable bonds is 2. The number of halogens is 2. The summed E-state index contributed by atoms with van der Waals surface area (Å²) in [5.74, 6) is -2.31. The van der Waals surface area contributed by atoms with Gasteiger partial charge in [0.25, 0.3) is 0 Å². The summed E-state index contributed by atoms with van der Waals surface area (Å²) in [5, 5.41) is 0. The van der Waals surface area contributed by atoms with Crippen LogP contribution in [0.3, 0.4) is 0 Å². The van der Waals surface area contributed by atoms with Gasteiger partial charge in [0.2, 0.25) is 5.78 Å². The second-order valence-corrected chi connectivity index (χ2v) is 4.23. The highest BCUT2D eigenvalue weighted by molar-refractivity contribution is 6.11. The molecule has 0 saturated carbocycles. The highest BCUT2D eigenvalue weighted by atomic mass is 19.1. The molecule has 100 valence electrons. The predicted octanol–water partition coefficient (Wildman–Crippen LogP) is 2.43. The van der Waals surface area contributed by atoms with Crippen molar-refractivity contribution in [3.8, 4) is 0 Å². The van der Waals surface area contributed by atoms with E-state index in [2.05, 4.69) is 4.98 Å². The molecule has 0 unspecified atom stereocenters. The molecule has 0 saturated heterocycles. The Morgan fingerprint density at radius 3 is 2.75 bits per heavy atom. The Labute approximate surface area is 112 Å². The molecule has 0 aliphatic carbocycles. The molecule has 0 spiro atoms. The summed E-state index contributed by atoms with van der Waals surface area (Å²) in [6, 6.07) is 7.89. The molecule has 2 heterocycles. The summed E-state index contributed by atoms with van der Waals surface area (Å²) < 4.78 is 28.1. The Kier molecular flexibility index (Phi) is 2.71. The summed E-state index contributed by atoms with van der Waals surface area (Å²) in [6.07, 6.45) is 1.60. The largest absolute Gasteiger partial charge is 0.382 e. The number of aromatic nitrogens is 2. The summed E-state index contributed by atoms with van der Waals surface area (Å²) in [5.41, 5.74) is 6.02. The maximum absolute atomic E-state index is 13.7. The van der Waals surface area contributed by atoms with Crippen LogP contribution >= 0.6 is 0 Å². The van der Waals surface area contributed by atoms with Gasteiger partial charge in [-0.3, -0.25) is 9.20 Å². The van der Waals surface area contributed by atoms with Gasteiger partial charge in [0.15, 0.2) is 5.82 Å². The first-order valence-electron chi connectivity index (χ1n) is 5.80. The summed E-state index contributed by atoms with van der Waals surface area (Å²) in [4.78, 5) is 16.4. The summed E-state index contributed by atoms with van der Waals surface area (Å²) in [7, 11) is 0. The van der Waals surface area contributed by atoms with Crippen LogP contribution in [-0.4, -0.2) is 15.2 Å². The normalized spacial score (nSPS) is 10.9. The van der Waals surface area contributed by atoms with Crippen LogP contribution in [0.5, 0.6) is 0 Å². The van der Waals surface area contributed by atoms with Crippen molar-refractivity contribution in [2.75, 3.05) is 5.73 Å². The van der Waals surface area contributed by atoms with Crippen LogP contribution in [0.15, 0.2) is 42.6 Å². The van der Waals surface area contributed by atoms with E-state index >= 15 is 0 Å². The molecule has 0 aliphatic heterocycles. The van der Waals surface area contributed by atoms with Gasteiger partial charge in [0, 0.05) is 12.3 Å². The third-order valence-corrected chi connectivity index (χ3v) is 2.95. The number of hydrogen-bond acceptors (Lipinski definition) is 3. The SMILES string of the molecule is Nc1nc2ccccn2c1C(=O)c1ccc(F)cc1F. The lowest BCUT2D eigenvalue weighted by atomic mass is 10.1. The molecule has 1 aromatic carbocycles. The monoisotopic (exact) mass is 273 g/mol. The molecule has 0 radical (unpaired) electrons. The van der Waals surface area contributed by atoms with Gasteiger partial charge in [-0.1, -0.05) is 6.07 Å². The lowest BCUT2D eigenvalue weighted by Gasteiger charge is -2.03. The van der Waals surface area contributed by atoms with E-state index in [9.17, 15) is 13.6 Å². The zero-order valence-corrected chi connectivity index (χ0v) is 10.2. The van der Waals surface area contributed by atoms with Crippen molar-refractivity contribution in [3.05, 3.63) is 65.5 Å². The number of nitrogens with zero attached hydrogens (tertiary/aromatic N) is 2. The lowest BCUT2D eigenvalue weighted by molar-refractivity contribution is 0.103. The van der Waals surface area contributed by atoms with E-state index in [-0.39, 0.29) is 17.1 Å². The fourth-order valence-electron chi connectivity index (χ4n) is 2.04. The molecule has 6 heteroatoms. The third kappa shape index (κ3) is 1.82. The molecule has 3 rings (SSSR count). The van der Waals surface area contributed by atoms with Crippen LogP contribution < -0.4 is 5.73 Å². The molecule has 0 bridgehead atoms. The molecule has 2 N–H and O–H groups in total. The van der Waals surface area contributed by atoms with E-state index in [1.54, 1.807) is 24.4 Å². The number of nitrogens with two attached hydrogens (primary N) is 1. The quantitative estimate of drug-likeness (QED) is 0.729. The standard InChI is InChI=1S/C14H9F2N3O/c15-8-4-5-9(10(16)7-8)13(20)12-14(17)18-11-3-1-2-6-19(11)12/h1-7H,17H2. The molecular weight excluding hydrogens is 264 g/mol. The minimum Gasteiger partial charge on any atom is -0.382 e. The smallest absolute Gasteiger partial charge is 0.216 e. The van der Waals surface area contributed by atoms with Crippen LogP contribution in [0.2, 0.25) is 0 Å². The van der Waals surface area contributed by atoms with Crippen LogP contribution in [0, 0.1) is 11.6 Å². The first-order valence-corrected chi connectivity index (χ1v) is 5.80. The number of ketones is 1. The van der Waals surface area contributed by atoms with Crippen LogP contribution in [-0.2, 0) is 0 Å². The molecule has 4 nitrogen and oxygen atoms in total. The van der Waals surface area contributed by atoms with E-state index in [1.807, 2.05) is 0 Å². The van der Waals surface area contributed by atoms with Crippen molar-refractivity contribution in [1.82, 2.24) is 9.38 Å². The van der Waals surface area contributed by atoms with Crippen LogP contribution in [0.25, 0.3) is 5.65 Å². The van der Waals surface area contributed by atoms with E-state index in [4.69, 9.17) is 5.73 Å². The topological polar surface area (TPSA) is 60.4 Å². The minimum absolute atomic E-state index is 0.00456. The number of imidazole rings is 1. The number of anilines is 1. The average molecular weight is 273 g/mol. The first-order chi connectivity index (χ1) is 9.58. The van der Waals surface area contributed by atoms with Crippen LogP contribution in [0.4, 0.5) is 14.6 Å². The van der Waals surface area contributed by atoms with E-state index in [0.29, 0.717) is 11.7 Å². The lowest BCUT2D eigenvalue weighted by Crippen LogP contribution is -2.10. The van der Waals surface area contributed by atoms with Gasteiger partial charge in [0.1, 0.15) is 23.0 Å². The molecular formula is C14H9F2N3O. The number of carbonyl (C=O) groups excluding carboxylic acids is 1. The van der Waals surface area contributed by atoms with Crippen LogP contribution in [0.1, 0.15) is 16.1 Å². The van der Waals surface area contributed by atoms with E-state index < -0.39 is 17.4 Å². The number of pyridine rings is 1. The van der Waals surface area contributed by atoms with Gasteiger partial charge in [-0.15, -0.1) is 0 Å². The molecule has 0 amide bonds. The number of nitrogen functional groups attached to an aromatic ring is 1. The molecule has 0 aliphatic rings. The van der Waals surface area contributed by atoms with Crippen molar-refractivity contribution in [1.29, 1.82) is 0 Å². The Morgan fingerprint density at radius 2 is 2.00 bits per heavy atom. The summed E-state index contributed by atoms with van der Waals surface area (Å²) in [6.45, 7) is 0. The number of fused-ring (bicyclic) bond motifs is 1. The van der Waals surface area contributed by atoms with Crippen molar-refractivity contribution < 1.29 is 13.6 Å². The molecule has 2 aromatic heterocycles. The second kappa shape index (κ2) is 4.41. The highest BCUT2D eigenvalue weighted by Gasteiger charge is 2.21. The molecule has 0 atom stereocenters. The number of hydrogen-bond donors (Lipinski definition) is 1. The fourth-order valence-corrected chi connectivity index (χ4v) is 2.04. The number of benzene rings is 1. The van der Waals surface area contributed by atoms with Gasteiger partial charge in [0.05, 0.1) is 5.56 Å². The maximum Gasteiger partial charge on any atom is 0.216 e. The fraction of sp³-hybridized carbons (Fsp3) is 0. The average Bonchev–Trinajstić information content (AvgIpc) is 2.73.